The van der Waals surface area contributed by atoms with Gasteiger partial charge in [-0.15, -0.1) is 0 Å². The maximum Gasteiger partial charge on any atom is 0.261 e. The number of anilines is 2. The monoisotopic (exact) mass is 535 g/mol. The number of likely N-dealkylation sites (tertiary alicyclic amines) is 1. The van der Waals surface area contributed by atoms with Crippen LogP contribution in [0, 0.1) is 5.92 Å². The number of fused-ring (bicyclic) bond motifs is 1. The van der Waals surface area contributed by atoms with Crippen molar-refractivity contribution in [2.75, 3.05) is 23.8 Å². The van der Waals surface area contributed by atoms with Gasteiger partial charge in [-0.05, 0) is 31.0 Å². The molecule has 3 amide bonds. The standard InChI is InChI=1S/C25H33N3O10/c1-12(4-2-6-17(30)28-9-3-5-14(28)11-29)25(37)15-10-13(7-8-16(15)27-24(25)36)26-22(34)21-19(32)18(31)20(33)23(35)38-21/h2,4,7-8,10,12,14,18-21,23,29,31-33,35,37H,3,5-6,9,11H2,1H3,(H,26,34)(H,27,36)/b4-2+/t12-,14-,18-,19-,20+,21-,23+,25+/m0/s1. The molecule has 2 fully saturated rings. The van der Waals surface area contributed by atoms with Crippen molar-refractivity contribution in [1.82, 2.24) is 4.90 Å². The average molecular weight is 536 g/mol. The lowest BCUT2D eigenvalue weighted by molar-refractivity contribution is -0.274. The maximum absolute atomic E-state index is 12.8. The van der Waals surface area contributed by atoms with Gasteiger partial charge in [-0.3, -0.25) is 14.4 Å². The maximum atomic E-state index is 12.8. The summed E-state index contributed by atoms with van der Waals surface area (Å²) in [6.45, 7) is 2.08. The molecular formula is C25H33N3O10. The molecule has 1 aromatic carbocycles. The number of amides is 3. The predicted molar refractivity (Wildman–Crippen MR) is 131 cm³/mol. The van der Waals surface area contributed by atoms with E-state index in [1.54, 1.807) is 24.0 Å². The summed E-state index contributed by atoms with van der Waals surface area (Å²) in [6, 6.07) is 4.07. The molecule has 2 saturated heterocycles. The lowest BCUT2D eigenvalue weighted by atomic mass is 9.82. The number of aliphatic hydroxyl groups is 6. The Bertz CT molecular complexity index is 1110. The Morgan fingerprint density at radius 3 is 2.68 bits per heavy atom. The Morgan fingerprint density at radius 2 is 1.97 bits per heavy atom. The Balaban J connectivity index is 1.47. The fourth-order valence-electron chi connectivity index (χ4n) is 5.11. The van der Waals surface area contributed by atoms with Gasteiger partial charge in [-0.2, -0.15) is 0 Å². The first-order valence-electron chi connectivity index (χ1n) is 12.4. The molecule has 0 spiro atoms. The first kappa shape index (κ1) is 28.1. The molecule has 13 nitrogen and oxygen atoms in total. The van der Waals surface area contributed by atoms with Crippen molar-refractivity contribution >= 4 is 29.1 Å². The molecule has 0 unspecified atom stereocenters. The molecule has 4 rings (SSSR count). The Hall–Kier alpha value is -2.91. The third-order valence-electron chi connectivity index (χ3n) is 7.42. The highest BCUT2D eigenvalue weighted by Crippen LogP contribution is 2.43. The van der Waals surface area contributed by atoms with Gasteiger partial charge in [0.05, 0.1) is 12.6 Å². The summed E-state index contributed by atoms with van der Waals surface area (Å²) in [5.41, 5.74) is -1.40. The number of ether oxygens (including phenoxy) is 1. The Kier molecular flexibility index (Phi) is 8.18. The van der Waals surface area contributed by atoms with E-state index in [0.29, 0.717) is 12.2 Å². The van der Waals surface area contributed by atoms with Gasteiger partial charge in [0.1, 0.15) is 18.3 Å². The van der Waals surface area contributed by atoms with Crippen molar-refractivity contribution in [3.8, 4) is 0 Å². The Labute approximate surface area is 218 Å². The van der Waals surface area contributed by atoms with Crippen LogP contribution in [0.15, 0.2) is 30.4 Å². The SMILES string of the molecule is C[C@@H](/C=C/CC(=O)N1CCC[C@H]1CO)[C@]1(O)C(=O)Nc2ccc(NC(=O)[C@H]3O[C@@H](O)[C@H](O)[C@@H](O)[C@@H]3O)cc21. The van der Waals surface area contributed by atoms with Gasteiger partial charge >= 0.3 is 0 Å². The molecular weight excluding hydrogens is 502 g/mol. The van der Waals surface area contributed by atoms with Crippen LogP contribution in [0.25, 0.3) is 0 Å². The van der Waals surface area contributed by atoms with Crippen molar-refractivity contribution in [3.63, 3.8) is 0 Å². The number of carbonyl (C=O) groups excluding carboxylic acids is 3. The molecule has 0 aliphatic carbocycles. The minimum atomic E-state index is -2.02. The second-order valence-electron chi connectivity index (χ2n) is 9.88. The molecule has 3 aliphatic heterocycles. The van der Waals surface area contributed by atoms with Crippen molar-refractivity contribution in [2.24, 2.45) is 5.92 Å². The van der Waals surface area contributed by atoms with Gasteiger partial charge in [0.25, 0.3) is 11.8 Å². The number of hydrogen-bond acceptors (Lipinski definition) is 10. The first-order chi connectivity index (χ1) is 18.0. The topological polar surface area (TPSA) is 209 Å². The highest BCUT2D eigenvalue weighted by atomic mass is 16.6. The van der Waals surface area contributed by atoms with E-state index in [9.17, 15) is 45.0 Å². The summed E-state index contributed by atoms with van der Waals surface area (Å²) in [7, 11) is 0. The van der Waals surface area contributed by atoms with Crippen LogP contribution >= 0.6 is 0 Å². The fourth-order valence-corrected chi connectivity index (χ4v) is 5.11. The molecule has 1 aromatic rings. The van der Waals surface area contributed by atoms with Crippen LogP contribution in [-0.2, 0) is 24.7 Å². The second kappa shape index (κ2) is 11.1. The summed E-state index contributed by atoms with van der Waals surface area (Å²) in [5.74, 6) is -2.55. The molecule has 0 saturated carbocycles. The van der Waals surface area contributed by atoms with Gasteiger partial charge in [-0.1, -0.05) is 19.1 Å². The van der Waals surface area contributed by atoms with E-state index < -0.39 is 54.0 Å². The van der Waals surface area contributed by atoms with E-state index in [4.69, 9.17) is 4.74 Å². The van der Waals surface area contributed by atoms with E-state index in [2.05, 4.69) is 10.6 Å². The molecule has 208 valence electrons. The van der Waals surface area contributed by atoms with Gasteiger partial charge < -0.3 is 50.9 Å². The second-order valence-corrected chi connectivity index (χ2v) is 9.88. The van der Waals surface area contributed by atoms with Crippen molar-refractivity contribution in [3.05, 3.63) is 35.9 Å². The molecule has 3 heterocycles. The zero-order valence-electron chi connectivity index (χ0n) is 20.7. The summed E-state index contributed by atoms with van der Waals surface area (Å²) >= 11 is 0. The molecule has 3 aliphatic rings. The van der Waals surface area contributed by atoms with Crippen molar-refractivity contribution in [2.45, 2.75) is 68.5 Å². The molecule has 8 atom stereocenters. The van der Waals surface area contributed by atoms with E-state index in [1.807, 2.05) is 0 Å². The van der Waals surface area contributed by atoms with Crippen molar-refractivity contribution < 1.29 is 49.8 Å². The number of benzene rings is 1. The molecule has 13 heteroatoms. The van der Waals surface area contributed by atoms with Crippen LogP contribution in [0.4, 0.5) is 11.4 Å². The lowest BCUT2D eigenvalue weighted by Crippen LogP contribution is -2.60. The van der Waals surface area contributed by atoms with E-state index in [-0.39, 0.29) is 36.2 Å². The first-order valence-corrected chi connectivity index (χ1v) is 12.4. The smallest absolute Gasteiger partial charge is 0.261 e. The molecule has 0 radical (unpaired) electrons. The minimum Gasteiger partial charge on any atom is -0.394 e. The highest BCUT2D eigenvalue weighted by molar-refractivity contribution is 6.06. The normalized spacial score (nSPS) is 33.8. The molecule has 0 bridgehead atoms. The van der Waals surface area contributed by atoms with E-state index >= 15 is 0 Å². The van der Waals surface area contributed by atoms with Gasteiger partial charge in [-0.25, -0.2) is 0 Å². The van der Waals surface area contributed by atoms with Crippen LogP contribution < -0.4 is 10.6 Å². The van der Waals surface area contributed by atoms with E-state index in [1.165, 1.54) is 18.2 Å². The molecule has 38 heavy (non-hydrogen) atoms. The summed E-state index contributed by atoms with van der Waals surface area (Å²) in [5, 5.41) is 65.1. The number of nitrogens with one attached hydrogen (secondary N) is 2. The fraction of sp³-hybridized carbons (Fsp3) is 0.560. The van der Waals surface area contributed by atoms with Gasteiger partial charge in [0.15, 0.2) is 18.0 Å². The summed E-state index contributed by atoms with van der Waals surface area (Å²) in [4.78, 5) is 39.6. The van der Waals surface area contributed by atoms with Gasteiger partial charge in [0.2, 0.25) is 5.91 Å². The largest absolute Gasteiger partial charge is 0.394 e. The Morgan fingerprint density at radius 1 is 1.24 bits per heavy atom. The van der Waals surface area contributed by atoms with Gasteiger partial charge in [0, 0.05) is 35.8 Å². The van der Waals surface area contributed by atoms with Crippen LogP contribution in [-0.4, -0.2) is 103 Å². The quantitative estimate of drug-likeness (QED) is 0.182. The number of carbonyl (C=O) groups is 3. The minimum absolute atomic E-state index is 0.0393. The summed E-state index contributed by atoms with van der Waals surface area (Å²) in [6.07, 6.45) is -4.29. The highest BCUT2D eigenvalue weighted by Gasteiger charge is 2.49. The molecule has 8 N–H and O–H groups in total. The zero-order chi connectivity index (χ0) is 27.8. The van der Waals surface area contributed by atoms with Crippen LogP contribution in [0.5, 0.6) is 0 Å². The number of hydrogen-bond donors (Lipinski definition) is 8. The zero-order valence-corrected chi connectivity index (χ0v) is 20.7. The summed E-state index contributed by atoms with van der Waals surface area (Å²) < 4.78 is 4.93. The third-order valence-corrected chi connectivity index (χ3v) is 7.42. The van der Waals surface area contributed by atoms with Crippen LogP contribution in [0.1, 0.15) is 31.7 Å². The average Bonchev–Trinajstić information content (AvgIpc) is 3.47. The number of nitrogens with zero attached hydrogens (tertiary/aromatic N) is 1. The third kappa shape index (κ3) is 5.06. The van der Waals surface area contributed by atoms with Crippen LogP contribution in [0.2, 0.25) is 0 Å². The van der Waals surface area contributed by atoms with E-state index in [0.717, 1.165) is 12.8 Å². The lowest BCUT2D eigenvalue weighted by Gasteiger charge is -2.37. The predicted octanol–water partition coefficient (Wildman–Crippen LogP) is -1.87. The van der Waals surface area contributed by atoms with Crippen LogP contribution in [0.3, 0.4) is 0 Å². The molecule has 0 aromatic heterocycles. The number of aliphatic hydroxyl groups excluding tert-OH is 5. The van der Waals surface area contributed by atoms with Crippen molar-refractivity contribution in [1.29, 1.82) is 0 Å². The number of rotatable bonds is 7.